The number of hydrogen-bond donors (Lipinski definition) is 1. The van der Waals surface area contributed by atoms with Gasteiger partial charge in [0.1, 0.15) is 0 Å². The standard InChI is InChI=1S/C19H32BN3O4/c1-17(2,3)15-14(9-8-10-22(15)16(24)25)23-12-13(11-21-23)20-26-18(4,5)19(6,7)27-20/h11-12,14-15H,8-10H2,1-7H3,(H,24,25). The van der Waals surface area contributed by atoms with Gasteiger partial charge < -0.3 is 19.3 Å². The lowest BCUT2D eigenvalue weighted by Gasteiger charge is -2.46. The normalized spacial score (nSPS) is 27.8. The second-order valence-corrected chi connectivity index (χ2v) is 9.84. The summed E-state index contributed by atoms with van der Waals surface area (Å²) in [5.41, 5.74) is -0.134. The maximum absolute atomic E-state index is 11.8. The Bertz CT molecular complexity index is 694. The molecule has 1 amide bonds. The third-order valence-corrected chi connectivity index (χ3v) is 6.22. The van der Waals surface area contributed by atoms with E-state index < -0.39 is 24.4 Å². The van der Waals surface area contributed by atoms with E-state index in [0.717, 1.165) is 18.3 Å². The molecule has 1 aromatic rings. The summed E-state index contributed by atoms with van der Waals surface area (Å²) in [5.74, 6) is 0. The van der Waals surface area contributed by atoms with E-state index in [4.69, 9.17) is 9.31 Å². The van der Waals surface area contributed by atoms with E-state index in [2.05, 4.69) is 25.9 Å². The first-order valence-electron chi connectivity index (χ1n) is 9.73. The van der Waals surface area contributed by atoms with Crippen LogP contribution in [-0.4, -0.2) is 56.8 Å². The fraction of sp³-hybridized carbons (Fsp3) is 0.789. The molecular weight excluding hydrogens is 345 g/mol. The SMILES string of the molecule is CC(C)(C)C1C(n2cc(B3OC(C)(C)C(C)(C)O3)cn2)CCCN1C(=O)O. The van der Waals surface area contributed by atoms with Gasteiger partial charge in [0.2, 0.25) is 0 Å². The highest BCUT2D eigenvalue weighted by Crippen LogP contribution is 2.39. The van der Waals surface area contributed by atoms with Gasteiger partial charge in [-0.25, -0.2) is 4.79 Å². The molecule has 0 aromatic carbocycles. The Morgan fingerprint density at radius 2 is 1.85 bits per heavy atom. The minimum Gasteiger partial charge on any atom is -0.465 e. The zero-order chi connectivity index (χ0) is 20.2. The Labute approximate surface area is 162 Å². The van der Waals surface area contributed by atoms with Crippen LogP contribution in [0.25, 0.3) is 0 Å². The minimum atomic E-state index is -0.863. The first-order valence-corrected chi connectivity index (χ1v) is 9.73. The zero-order valence-corrected chi connectivity index (χ0v) is 17.5. The second-order valence-electron chi connectivity index (χ2n) is 9.84. The van der Waals surface area contributed by atoms with E-state index in [-0.39, 0.29) is 17.5 Å². The quantitative estimate of drug-likeness (QED) is 0.802. The van der Waals surface area contributed by atoms with Crippen LogP contribution in [0.2, 0.25) is 0 Å². The van der Waals surface area contributed by atoms with E-state index >= 15 is 0 Å². The van der Waals surface area contributed by atoms with E-state index in [0.29, 0.717) is 6.54 Å². The largest absolute Gasteiger partial charge is 0.498 e. The highest BCUT2D eigenvalue weighted by Gasteiger charge is 2.52. The van der Waals surface area contributed by atoms with Gasteiger partial charge in [0.25, 0.3) is 0 Å². The summed E-state index contributed by atoms with van der Waals surface area (Å²) in [6.45, 7) is 14.9. The van der Waals surface area contributed by atoms with E-state index in [1.807, 2.05) is 38.6 Å². The molecular formula is C19H32BN3O4. The molecule has 7 nitrogen and oxygen atoms in total. The van der Waals surface area contributed by atoms with Gasteiger partial charge in [-0.15, -0.1) is 0 Å². The molecule has 8 heteroatoms. The van der Waals surface area contributed by atoms with Crippen LogP contribution in [0.5, 0.6) is 0 Å². The van der Waals surface area contributed by atoms with Crippen LogP contribution < -0.4 is 5.46 Å². The number of carboxylic acid groups (broad SMARTS) is 1. The molecule has 2 atom stereocenters. The first kappa shape index (κ1) is 20.2. The van der Waals surface area contributed by atoms with Crippen molar-refractivity contribution in [3.63, 3.8) is 0 Å². The Hall–Kier alpha value is -1.54. The third kappa shape index (κ3) is 3.61. The van der Waals surface area contributed by atoms with Crippen LogP contribution in [0.15, 0.2) is 12.4 Å². The molecule has 0 radical (unpaired) electrons. The molecule has 1 N–H and O–H groups in total. The number of likely N-dealkylation sites (tertiary alicyclic amines) is 1. The molecule has 0 aliphatic carbocycles. The smallest absolute Gasteiger partial charge is 0.465 e. The lowest BCUT2D eigenvalue weighted by Crippen LogP contribution is -2.54. The van der Waals surface area contributed by atoms with E-state index in [1.165, 1.54) is 0 Å². The number of hydrogen-bond acceptors (Lipinski definition) is 4. The van der Waals surface area contributed by atoms with Gasteiger partial charge in [-0.1, -0.05) is 20.8 Å². The molecule has 0 saturated carbocycles. The van der Waals surface area contributed by atoms with Crippen molar-refractivity contribution in [3.8, 4) is 0 Å². The van der Waals surface area contributed by atoms with E-state index in [9.17, 15) is 9.90 Å². The average molecular weight is 377 g/mol. The number of rotatable bonds is 2. The Morgan fingerprint density at radius 1 is 1.26 bits per heavy atom. The topological polar surface area (TPSA) is 76.8 Å². The van der Waals surface area contributed by atoms with Gasteiger partial charge in [-0.2, -0.15) is 5.10 Å². The van der Waals surface area contributed by atoms with Crippen LogP contribution in [0, 0.1) is 5.41 Å². The molecule has 2 aliphatic rings. The molecule has 1 aromatic heterocycles. The van der Waals surface area contributed by atoms with E-state index in [1.54, 1.807) is 11.1 Å². The van der Waals surface area contributed by atoms with Crippen molar-refractivity contribution in [2.45, 2.75) is 84.6 Å². The summed E-state index contributed by atoms with van der Waals surface area (Å²) in [6, 6.07) is -0.152. The fourth-order valence-corrected chi connectivity index (χ4v) is 4.15. The molecule has 0 bridgehead atoms. The van der Waals surface area contributed by atoms with Crippen molar-refractivity contribution in [1.29, 1.82) is 0 Å². The van der Waals surface area contributed by atoms with Gasteiger partial charge in [0.15, 0.2) is 0 Å². The van der Waals surface area contributed by atoms with Crippen molar-refractivity contribution >= 4 is 18.7 Å². The Balaban J connectivity index is 1.88. The Morgan fingerprint density at radius 3 is 2.37 bits per heavy atom. The molecule has 3 rings (SSSR count). The molecule has 0 spiro atoms. The second kappa shape index (κ2) is 6.52. The average Bonchev–Trinajstić information content (AvgIpc) is 3.09. The summed E-state index contributed by atoms with van der Waals surface area (Å²) in [7, 11) is -0.462. The Kier molecular flexibility index (Phi) is 4.88. The summed E-state index contributed by atoms with van der Waals surface area (Å²) >= 11 is 0. The number of nitrogens with zero attached hydrogens (tertiary/aromatic N) is 3. The van der Waals surface area contributed by atoms with Gasteiger partial charge in [-0.3, -0.25) is 4.68 Å². The van der Waals surface area contributed by atoms with Crippen molar-refractivity contribution in [1.82, 2.24) is 14.7 Å². The molecule has 2 fully saturated rings. The lowest BCUT2D eigenvalue weighted by atomic mass is 9.77. The number of carbonyl (C=O) groups is 1. The van der Waals surface area contributed by atoms with Crippen LogP contribution in [-0.2, 0) is 9.31 Å². The maximum atomic E-state index is 11.8. The molecule has 27 heavy (non-hydrogen) atoms. The highest BCUT2D eigenvalue weighted by molar-refractivity contribution is 6.62. The minimum absolute atomic E-state index is 0.00831. The third-order valence-electron chi connectivity index (χ3n) is 6.22. The number of amides is 1. The summed E-state index contributed by atoms with van der Waals surface area (Å²) < 4.78 is 14.2. The van der Waals surface area contributed by atoms with Gasteiger partial charge >= 0.3 is 13.2 Å². The van der Waals surface area contributed by atoms with Crippen molar-refractivity contribution in [3.05, 3.63) is 12.4 Å². The summed E-state index contributed by atoms with van der Waals surface area (Å²) in [4.78, 5) is 13.4. The van der Waals surface area contributed by atoms with Crippen molar-refractivity contribution < 1.29 is 19.2 Å². The van der Waals surface area contributed by atoms with Gasteiger partial charge in [0, 0.05) is 24.4 Å². The van der Waals surface area contributed by atoms with Gasteiger partial charge in [-0.05, 0) is 46.0 Å². The van der Waals surface area contributed by atoms with Crippen LogP contribution in [0.4, 0.5) is 4.79 Å². The number of piperidine rings is 1. The van der Waals surface area contributed by atoms with Crippen molar-refractivity contribution in [2.24, 2.45) is 5.41 Å². The summed E-state index contributed by atoms with van der Waals surface area (Å²) in [6.07, 6.45) is 4.60. The molecule has 2 unspecified atom stereocenters. The molecule has 2 saturated heterocycles. The van der Waals surface area contributed by atoms with Gasteiger partial charge in [0.05, 0.1) is 23.3 Å². The zero-order valence-electron chi connectivity index (χ0n) is 17.5. The van der Waals surface area contributed by atoms with Crippen LogP contribution in [0.3, 0.4) is 0 Å². The first-order chi connectivity index (χ1) is 12.3. The molecule has 3 heterocycles. The highest BCUT2D eigenvalue weighted by atomic mass is 16.7. The van der Waals surface area contributed by atoms with Crippen molar-refractivity contribution in [2.75, 3.05) is 6.54 Å². The van der Waals surface area contributed by atoms with Crippen LogP contribution >= 0.6 is 0 Å². The van der Waals surface area contributed by atoms with Crippen LogP contribution in [0.1, 0.15) is 67.3 Å². The number of aromatic nitrogens is 2. The maximum Gasteiger partial charge on any atom is 0.498 e. The molecule has 150 valence electrons. The predicted octanol–water partition coefficient (Wildman–Crippen LogP) is 2.91. The molecule has 2 aliphatic heterocycles. The predicted molar refractivity (Wildman–Crippen MR) is 104 cm³/mol. The lowest BCUT2D eigenvalue weighted by molar-refractivity contribution is 0.00578. The summed E-state index contributed by atoms with van der Waals surface area (Å²) in [5, 5.41) is 14.3. The fourth-order valence-electron chi connectivity index (χ4n) is 4.15. The monoisotopic (exact) mass is 377 g/mol.